The monoisotopic (exact) mass is 212 g/mol. The Morgan fingerprint density at radius 3 is 2.80 bits per heavy atom. The van der Waals surface area contributed by atoms with Crippen molar-refractivity contribution in [1.82, 2.24) is 0 Å². The summed E-state index contributed by atoms with van der Waals surface area (Å²) in [6.45, 7) is 4.06. The SMILES string of the molecule is CCOC(=O)C(CC)C1(O)C=CCCC1. The largest absolute Gasteiger partial charge is 0.466 e. The second-order valence-corrected chi connectivity index (χ2v) is 4.00. The quantitative estimate of drug-likeness (QED) is 0.573. The zero-order valence-corrected chi connectivity index (χ0v) is 9.53. The van der Waals surface area contributed by atoms with E-state index >= 15 is 0 Å². The number of carbonyl (C=O) groups is 1. The van der Waals surface area contributed by atoms with Crippen molar-refractivity contribution in [2.45, 2.75) is 45.1 Å². The van der Waals surface area contributed by atoms with Crippen LogP contribution in [0.1, 0.15) is 39.5 Å². The summed E-state index contributed by atoms with van der Waals surface area (Å²) in [6.07, 6.45) is 6.90. The molecule has 1 rings (SSSR count). The number of hydrogen-bond donors (Lipinski definition) is 1. The van der Waals surface area contributed by atoms with Gasteiger partial charge in [-0.25, -0.2) is 0 Å². The van der Waals surface area contributed by atoms with E-state index in [1.165, 1.54) is 0 Å². The summed E-state index contributed by atoms with van der Waals surface area (Å²) in [5.41, 5.74) is -0.987. The highest BCUT2D eigenvalue weighted by molar-refractivity contribution is 5.74. The van der Waals surface area contributed by atoms with Crippen LogP contribution in [0.2, 0.25) is 0 Å². The zero-order valence-electron chi connectivity index (χ0n) is 9.53. The average molecular weight is 212 g/mol. The molecule has 0 radical (unpaired) electrons. The van der Waals surface area contributed by atoms with Crippen molar-refractivity contribution in [3.63, 3.8) is 0 Å². The molecule has 0 bridgehead atoms. The summed E-state index contributed by atoms with van der Waals surface area (Å²) in [7, 11) is 0. The van der Waals surface area contributed by atoms with Gasteiger partial charge >= 0.3 is 5.97 Å². The lowest BCUT2D eigenvalue weighted by atomic mass is 9.78. The van der Waals surface area contributed by atoms with Gasteiger partial charge in [-0.1, -0.05) is 19.1 Å². The van der Waals surface area contributed by atoms with Crippen LogP contribution in [-0.2, 0) is 9.53 Å². The molecule has 15 heavy (non-hydrogen) atoms. The number of allylic oxidation sites excluding steroid dienone is 1. The van der Waals surface area contributed by atoms with Gasteiger partial charge in [0.25, 0.3) is 0 Å². The molecule has 1 N–H and O–H groups in total. The highest BCUT2D eigenvalue weighted by atomic mass is 16.5. The molecule has 0 aromatic carbocycles. The predicted octanol–water partition coefficient (Wildman–Crippen LogP) is 2.05. The van der Waals surface area contributed by atoms with Gasteiger partial charge in [0, 0.05) is 0 Å². The smallest absolute Gasteiger partial charge is 0.312 e. The van der Waals surface area contributed by atoms with Gasteiger partial charge in [-0.05, 0) is 32.6 Å². The number of esters is 1. The van der Waals surface area contributed by atoms with Crippen LogP contribution >= 0.6 is 0 Å². The molecule has 0 saturated carbocycles. The normalized spacial score (nSPS) is 27.4. The van der Waals surface area contributed by atoms with E-state index in [-0.39, 0.29) is 5.97 Å². The van der Waals surface area contributed by atoms with E-state index in [4.69, 9.17) is 4.74 Å². The maximum absolute atomic E-state index is 11.7. The van der Waals surface area contributed by atoms with Gasteiger partial charge in [0.05, 0.1) is 18.1 Å². The lowest BCUT2D eigenvalue weighted by Crippen LogP contribution is -2.42. The first-order chi connectivity index (χ1) is 7.14. The lowest BCUT2D eigenvalue weighted by molar-refractivity contribution is -0.156. The second kappa shape index (κ2) is 5.31. The van der Waals surface area contributed by atoms with Gasteiger partial charge in [-0.2, -0.15) is 0 Å². The molecule has 0 amide bonds. The van der Waals surface area contributed by atoms with Gasteiger partial charge in [0.1, 0.15) is 0 Å². The molecule has 3 nitrogen and oxygen atoms in total. The van der Waals surface area contributed by atoms with Gasteiger partial charge in [-0.15, -0.1) is 0 Å². The molecule has 0 heterocycles. The van der Waals surface area contributed by atoms with Crippen molar-refractivity contribution in [3.05, 3.63) is 12.2 Å². The van der Waals surface area contributed by atoms with Gasteiger partial charge in [0.15, 0.2) is 0 Å². The van der Waals surface area contributed by atoms with Crippen LogP contribution in [0.4, 0.5) is 0 Å². The van der Waals surface area contributed by atoms with Crippen LogP contribution in [0.3, 0.4) is 0 Å². The summed E-state index contributed by atoms with van der Waals surface area (Å²) < 4.78 is 4.98. The molecule has 1 aliphatic carbocycles. The Kier molecular flexibility index (Phi) is 4.33. The first-order valence-corrected chi connectivity index (χ1v) is 5.70. The topological polar surface area (TPSA) is 46.5 Å². The highest BCUT2D eigenvalue weighted by Gasteiger charge is 2.39. The number of hydrogen-bond acceptors (Lipinski definition) is 3. The van der Waals surface area contributed by atoms with E-state index < -0.39 is 11.5 Å². The van der Waals surface area contributed by atoms with Gasteiger partial charge in [0.2, 0.25) is 0 Å². The van der Waals surface area contributed by atoms with Crippen LogP contribution in [0, 0.1) is 5.92 Å². The van der Waals surface area contributed by atoms with E-state index in [0.29, 0.717) is 19.4 Å². The first kappa shape index (κ1) is 12.2. The van der Waals surface area contributed by atoms with Crippen molar-refractivity contribution in [2.24, 2.45) is 5.92 Å². The Bertz CT molecular complexity index is 247. The zero-order chi connectivity index (χ0) is 11.3. The fraction of sp³-hybridized carbons (Fsp3) is 0.750. The summed E-state index contributed by atoms with van der Waals surface area (Å²) in [5, 5.41) is 10.3. The molecular weight excluding hydrogens is 192 g/mol. The van der Waals surface area contributed by atoms with Crippen molar-refractivity contribution in [1.29, 1.82) is 0 Å². The number of rotatable bonds is 4. The fourth-order valence-electron chi connectivity index (χ4n) is 2.13. The van der Waals surface area contributed by atoms with Crippen LogP contribution in [-0.4, -0.2) is 23.3 Å². The minimum Gasteiger partial charge on any atom is -0.466 e. The van der Waals surface area contributed by atoms with Crippen LogP contribution in [0.5, 0.6) is 0 Å². The molecule has 0 saturated heterocycles. The van der Waals surface area contributed by atoms with Crippen molar-refractivity contribution >= 4 is 5.97 Å². The molecule has 2 unspecified atom stereocenters. The predicted molar refractivity (Wildman–Crippen MR) is 58.4 cm³/mol. The van der Waals surface area contributed by atoms with Crippen LogP contribution in [0.15, 0.2) is 12.2 Å². The molecule has 86 valence electrons. The fourth-order valence-corrected chi connectivity index (χ4v) is 2.13. The third-order valence-electron chi connectivity index (χ3n) is 2.94. The summed E-state index contributed by atoms with van der Waals surface area (Å²) >= 11 is 0. The molecule has 2 atom stereocenters. The molecule has 0 aromatic heterocycles. The van der Waals surface area contributed by atoms with Crippen molar-refractivity contribution in [2.75, 3.05) is 6.61 Å². The van der Waals surface area contributed by atoms with Gasteiger partial charge < -0.3 is 9.84 Å². The van der Waals surface area contributed by atoms with Crippen LogP contribution < -0.4 is 0 Å². The van der Waals surface area contributed by atoms with E-state index in [1.54, 1.807) is 13.0 Å². The third-order valence-corrected chi connectivity index (χ3v) is 2.94. The Hall–Kier alpha value is -0.830. The van der Waals surface area contributed by atoms with Crippen LogP contribution in [0.25, 0.3) is 0 Å². The van der Waals surface area contributed by atoms with E-state index in [0.717, 1.165) is 12.8 Å². The second-order valence-electron chi connectivity index (χ2n) is 4.00. The Balaban J connectivity index is 2.75. The minimum atomic E-state index is -0.987. The highest BCUT2D eigenvalue weighted by Crippen LogP contribution is 2.32. The molecule has 0 fully saturated rings. The van der Waals surface area contributed by atoms with E-state index in [2.05, 4.69) is 0 Å². The standard InChI is InChI=1S/C12H20O3/c1-3-10(11(13)15-4-2)12(14)8-6-5-7-9-12/h6,8,10,14H,3-5,7,9H2,1-2H3. The Morgan fingerprint density at radius 1 is 1.60 bits per heavy atom. The number of ether oxygens (including phenoxy) is 1. The summed E-state index contributed by atoms with van der Waals surface area (Å²) in [4.78, 5) is 11.7. The molecule has 0 aromatic rings. The first-order valence-electron chi connectivity index (χ1n) is 5.70. The Labute approximate surface area is 91.1 Å². The van der Waals surface area contributed by atoms with E-state index in [9.17, 15) is 9.90 Å². The molecule has 1 aliphatic rings. The Morgan fingerprint density at radius 2 is 2.33 bits per heavy atom. The number of aliphatic hydroxyl groups is 1. The maximum Gasteiger partial charge on any atom is 0.312 e. The molecular formula is C12H20O3. The lowest BCUT2D eigenvalue weighted by Gasteiger charge is -2.33. The van der Waals surface area contributed by atoms with Crippen molar-refractivity contribution in [3.8, 4) is 0 Å². The average Bonchev–Trinajstić information content (AvgIpc) is 2.19. The molecule has 3 heteroatoms. The molecule has 0 aliphatic heterocycles. The van der Waals surface area contributed by atoms with Crippen molar-refractivity contribution < 1.29 is 14.6 Å². The third kappa shape index (κ3) is 2.81. The summed E-state index contributed by atoms with van der Waals surface area (Å²) in [5.74, 6) is -0.706. The maximum atomic E-state index is 11.7. The number of carbonyl (C=O) groups excluding carboxylic acids is 1. The van der Waals surface area contributed by atoms with Gasteiger partial charge in [-0.3, -0.25) is 4.79 Å². The summed E-state index contributed by atoms with van der Waals surface area (Å²) in [6, 6.07) is 0. The van der Waals surface area contributed by atoms with E-state index in [1.807, 2.05) is 13.0 Å². The minimum absolute atomic E-state index is 0.283. The molecule has 0 spiro atoms.